The zero-order valence-corrected chi connectivity index (χ0v) is 5.24. The molecule has 0 saturated carbocycles. The Hall–Kier alpha value is 0.190. The molecule has 0 radical (unpaired) electrons. The third kappa shape index (κ3) is 1.61. The molecule has 1 fully saturated rings. The third-order valence-corrected chi connectivity index (χ3v) is 2.30. The van der Waals surface area contributed by atoms with Gasteiger partial charge in [0, 0.05) is 6.54 Å². The first-order valence-electron chi connectivity index (χ1n) is 2.46. The molecule has 1 aliphatic heterocycles. The lowest BCUT2D eigenvalue weighted by atomic mass is 10.5. The Bertz CT molecular complexity index is 79.4. The van der Waals surface area contributed by atoms with Crippen LogP contribution in [0.2, 0.25) is 0 Å². The molecule has 0 unspecified atom stereocenters. The van der Waals surface area contributed by atoms with E-state index in [1.54, 1.807) is 0 Å². The van der Waals surface area contributed by atoms with Crippen molar-refractivity contribution in [3.63, 3.8) is 0 Å². The van der Waals surface area contributed by atoms with Gasteiger partial charge in [-0.15, -0.1) is 10.8 Å². The van der Waals surface area contributed by atoms with E-state index in [9.17, 15) is 0 Å². The van der Waals surface area contributed by atoms with Crippen molar-refractivity contribution in [1.82, 2.24) is 10.3 Å². The Morgan fingerprint density at radius 2 is 2.12 bits per heavy atom. The highest BCUT2D eigenvalue weighted by Crippen LogP contribution is 2.34. The molecule has 0 atom stereocenters. The minimum absolute atomic E-state index is 0.472. The number of hydrogen-bond donors (Lipinski definition) is 4. The number of rotatable bonds is 0. The Morgan fingerprint density at radius 1 is 1.38 bits per heavy atom. The lowest BCUT2D eigenvalue weighted by Gasteiger charge is -2.36. The van der Waals surface area contributed by atoms with Gasteiger partial charge in [-0.05, 0) is 6.42 Å². The fraction of sp³-hybridized carbons (Fsp3) is 1.00. The summed E-state index contributed by atoms with van der Waals surface area (Å²) in [5.41, 5.74) is 2.66. The van der Waals surface area contributed by atoms with Gasteiger partial charge < -0.3 is 0 Å². The molecule has 1 saturated heterocycles. The van der Waals surface area contributed by atoms with Crippen LogP contribution in [0.15, 0.2) is 0 Å². The largest absolute Gasteiger partial charge is 0.285 e. The first-order chi connectivity index (χ1) is 3.71. The summed E-state index contributed by atoms with van der Waals surface area (Å²) in [4.78, 5) is 2.40. The summed E-state index contributed by atoms with van der Waals surface area (Å²) in [6.45, 7) is 0.815. The first kappa shape index (κ1) is 6.31. The van der Waals surface area contributed by atoms with Crippen LogP contribution < -0.4 is 10.3 Å². The predicted octanol–water partition coefficient (Wildman–Crippen LogP) is 0.150. The van der Waals surface area contributed by atoms with E-state index in [-0.39, 0.29) is 0 Å². The zero-order valence-electron chi connectivity index (χ0n) is 4.42. The second-order valence-corrected chi connectivity index (χ2v) is 3.70. The average Bonchev–Trinajstić information content (AvgIpc) is 1.65. The van der Waals surface area contributed by atoms with Gasteiger partial charge in [0.05, 0.1) is 5.75 Å². The molecule has 1 heterocycles. The molecule has 4 N–H and O–H groups in total. The number of nitrogens with one attached hydrogen (secondary N) is 2. The van der Waals surface area contributed by atoms with E-state index in [0.29, 0.717) is 5.75 Å². The minimum Gasteiger partial charge on any atom is -0.285 e. The van der Waals surface area contributed by atoms with Gasteiger partial charge in [-0.2, -0.15) is 4.83 Å². The molecule has 0 aliphatic carbocycles. The topological polar surface area (TPSA) is 64.5 Å². The maximum Gasteiger partial charge on any atom is 0.0554 e. The molecule has 0 aromatic rings. The minimum atomic E-state index is -2.44. The first-order valence-corrected chi connectivity index (χ1v) is 4.18. The van der Waals surface area contributed by atoms with Crippen LogP contribution in [0.5, 0.6) is 0 Å². The Kier molecular flexibility index (Phi) is 1.74. The summed E-state index contributed by atoms with van der Waals surface area (Å²) in [5, 5.41) is 0. The lowest BCUT2D eigenvalue weighted by Crippen LogP contribution is -2.41. The lowest BCUT2D eigenvalue weighted by molar-refractivity contribution is 0.433. The monoisotopic (exact) mass is 138 g/mol. The van der Waals surface area contributed by atoms with E-state index in [2.05, 4.69) is 10.3 Å². The molecular formula is C3H10N2O2S. The van der Waals surface area contributed by atoms with Gasteiger partial charge in [-0.1, -0.05) is 0 Å². The van der Waals surface area contributed by atoms with Crippen molar-refractivity contribution in [2.75, 3.05) is 12.3 Å². The van der Waals surface area contributed by atoms with E-state index >= 15 is 0 Å². The van der Waals surface area contributed by atoms with Crippen LogP contribution in [-0.4, -0.2) is 21.4 Å². The summed E-state index contributed by atoms with van der Waals surface area (Å²) >= 11 is 0. The Morgan fingerprint density at radius 3 is 2.38 bits per heavy atom. The smallest absolute Gasteiger partial charge is 0.0554 e. The number of hydrazine groups is 1. The van der Waals surface area contributed by atoms with Crippen molar-refractivity contribution in [3.05, 3.63) is 0 Å². The van der Waals surface area contributed by atoms with Crippen LogP contribution in [0.1, 0.15) is 6.42 Å². The van der Waals surface area contributed by atoms with Gasteiger partial charge in [0.15, 0.2) is 0 Å². The van der Waals surface area contributed by atoms with Crippen molar-refractivity contribution >= 4 is 10.8 Å². The molecule has 0 aromatic carbocycles. The van der Waals surface area contributed by atoms with Gasteiger partial charge in [0.1, 0.15) is 0 Å². The molecule has 4 nitrogen and oxygen atoms in total. The molecule has 0 amide bonds. The van der Waals surface area contributed by atoms with Crippen LogP contribution in [0.25, 0.3) is 0 Å². The van der Waals surface area contributed by atoms with Crippen LogP contribution in [-0.2, 0) is 0 Å². The summed E-state index contributed by atoms with van der Waals surface area (Å²) in [5.74, 6) is 0.472. The second-order valence-electron chi connectivity index (χ2n) is 1.75. The summed E-state index contributed by atoms with van der Waals surface area (Å²) < 4.78 is 17.7. The molecule has 8 heavy (non-hydrogen) atoms. The molecule has 0 spiro atoms. The molecule has 50 valence electrons. The van der Waals surface area contributed by atoms with E-state index in [0.717, 1.165) is 13.0 Å². The van der Waals surface area contributed by atoms with Crippen molar-refractivity contribution in [1.29, 1.82) is 0 Å². The predicted molar refractivity (Wildman–Crippen MR) is 33.5 cm³/mol. The van der Waals surface area contributed by atoms with Crippen LogP contribution >= 0.6 is 10.8 Å². The van der Waals surface area contributed by atoms with Crippen molar-refractivity contribution in [3.8, 4) is 0 Å². The molecule has 5 heteroatoms. The average molecular weight is 138 g/mol. The van der Waals surface area contributed by atoms with Gasteiger partial charge in [-0.25, -0.2) is 5.43 Å². The highest BCUT2D eigenvalue weighted by molar-refractivity contribution is 8.22. The molecule has 1 aliphatic rings. The number of hydrogen-bond acceptors (Lipinski definition) is 4. The maximum absolute atomic E-state index is 8.84. The highest BCUT2D eigenvalue weighted by atomic mass is 32.3. The van der Waals surface area contributed by atoms with Crippen molar-refractivity contribution in [2.45, 2.75) is 6.42 Å². The summed E-state index contributed by atoms with van der Waals surface area (Å²) in [7, 11) is -2.44. The Labute approximate surface area is 49.7 Å². The van der Waals surface area contributed by atoms with Gasteiger partial charge in [0.2, 0.25) is 0 Å². The Balaban J connectivity index is 2.33. The fourth-order valence-electron chi connectivity index (χ4n) is 0.579. The molecule has 1 rings (SSSR count). The third-order valence-electron chi connectivity index (χ3n) is 0.966. The maximum atomic E-state index is 8.84. The van der Waals surface area contributed by atoms with Crippen molar-refractivity contribution in [2.24, 2.45) is 0 Å². The van der Waals surface area contributed by atoms with Gasteiger partial charge >= 0.3 is 0 Å². The highest BCUT2D eigenvalue weighted by Gasteiger charge is 2.13. The molecule has 0 aromatic heterocycles. The second kappa shape index (κ2) is 2.20. The van der Waals surface area contributed by atoms with Crippen molar-refractivity contribution < 1.29 is 9.11 Å². The molecular weight excluding hydrogens is 128 g/mol. The van der Waals surface area contributed by atoms with E-state index in [4.69, 9.17) is 9.11 Å². The summed E-state index contributed by atoms with van der Waals surface area (Å²) in [6.07, 6.45) is 0.829. The van der Waals surface area contributed by atoms with Crippen LogP contribution in [0.4, 0.5) is 0 Å². The normalized spacial score (nSPS) is 31.8. The standard InChI is InChI=1S/C3H10N2O2S/c6-8(7)3-1-2-4-5-8/h4-7H,1-3H2. The quantitative estimate of drug-likeness (QED) is 0.385. The van der Waals surface area contributed by atoms with Gasteiger partial charge in [-0.3, -0.25) is 9.11 Å². The zero-order chi connectivity index (χ0) is 6.04. The van der Waals surface area contributed by atoms with Crippen LogP contribution in [0.3, 0.4) is 0 Å². The van der Waals surface area contributed by atoms with E-state index < -0.39 is 10.8 Å². The van der Waals surface area contributed by atoms with E-state index in [1.165, 1.54) is 0 Å². The molecule has 0 bridgehead atoms. The van der Waals surface area contributed by atoms with Gasteiger partial charge in [0.25, 0.3) is 0 Å². The van der Waals surface area contributed by atoms with Crippen LogP contribution in [0, 0.1) is 0 Å². The summed E-state index contributed by atoms with van der Waals surface area (Å²) in [6, 6.07) is 0. The van der Waals surface area contributed by atoms with E-state index in [1.807, 2.05) is 0 Å². The SMILES string of the molecule is OS1(O)CCCNN1. The fourth-order valence-corrected chi connectivity index (χ4v) is 1.56.